The Morgan fingerprint density at radius 1 is 1.43 bits per heavy atom. The molecule has 0 bridgehead atoms. The fraction of sp³-hybridized carbons (Fsp3) is 0.400. The van der Waals surface area contributed by atoms with Gasteiger partial charge in [0.25, 0.3) is 5.69 Å². The Bertz CT molecular complexity index is 609. The molecule has 2 rings (SSSR count). The fourth-order valence-corrected chi connectivity index (χ4v) is 2.37. The summed E-state index contributed by atoms with van der Waals surface area (Å²) in [6.45, 7) is 2.88. The van der Waals surface area contributed by atoms with Crippen LogP contribution in [0.15, 0.2) is 36.5 Å². The van der Waals surface area contributed by atoms with Crippen molar-refractivity contribution in [3.05, 3.63) is 57.9 Å². The van der Waals surface area contributed by atoms with E-state index in [0.717, 1.165) is 30.6 Å². The van der Waals surface area contributed by atoms with E-state index < -0.39 is 0 Å². The summed E-state index contributed by atoms with van der Waals surface area (Å²) in [5.74, 6) is 0. The Kier molecular flexibility index (Phi) is 5.05. The van der Waals surface area contributed by atoms with E-state index in [-0.39, 0.29) is 16.7 Å². The number of aryl methyl sites for hydroxylation is 1. The van der Waals surface area contributed by atoms with E-state index in [1.54, 1.807) is 18.3 Å². The third kappa shape index (κ3) is 3.88. The molecule has 1 aromatic carbocycles. The Morgan fingerprint density at radius 3 is 2.86 bits per heavy atom. The Labute approximate surface area is 123 Å². The SMILES string of the molecule is CCC(NCCc1ccnn1C)c1cccc([N+](=O)[O-])c1. The van der Waals surface area contributed by atoms with Crippen molar-refractivity contribution in [2.75, 3.05) is 6.54 Å². The van der Waals surface area contributed by atoms with Crippen molar-refractivity contribution in [1.29, 1.82) is 0 Å². The van der Waals surface area contributed by atoms with Gasteiger partial charge in [-0.3, -0.25) is 14.8 Å². The lowest BCUT2D eigenvalue weighted by molar-refractivity contribution is -0.384. The highest BCUT2D eigenvalue weighted by atomic mass is 16.6. The zero-order chi connectivity index (χ0) is 15.2. The highest BCUT2D eigenvalue weighted by Crippen LogP contribution is 2.21. The number of hydrogen-bond donors (Lipinski definition) is 1. The average molecular weight is 288 g/mol. The largest absolute Gasteiger partial charge is 0.310 e. The summed E-state index contributed by atoms with van der Waals surface area (Å²) in [6, 6.07) is 8.95. The molecule has 0 aliphatic rings. The van der Waals surface area contributed by atoms with Gasteiger partial charge in [0.1, 0.15) is 0 Å². The molecule has 1 atom stereocenters. The molecule has 0 aliphatic carbocycles. The molecule has 6 heteroatoms. The molecule has 0 fully saturated rings. The highest BCUT2D eigenvalue weighted by Gasteiger charge is 2.13. The van der Waals surface area contributed by atoms with Crippen LogP contribution in [0, 0.1) is 10.1 Å². The van der Waals surface area contributed by atoms with E-state index in [0.29, 0.717) is 0 Å². The second-order valence-corrected chi connectivity index (χ2v) is 4.96. The monoisotopic (exact) mass is 288 g/mol. The number of non-ortho nitro benzene ring substituents is 1. The van der Waals surface area contributed by atoms with E-state index in [2.05, 4.69) is 17.3 Å². The first kappa shape index (κ1) is 15.2. The Morgan fingerprint density at radius 2 is 2.24 bits per heavy atom. The number of rotatable bonds is 7. The molecule has 0 amide bonds. The molecule has 0 saturated carbocycles. The van der Waals surface area contributed by atoms with Crippen LogP contribution in [0.25, 0.3) is 0 Å². The predicted octanol–water partition coefficient (Wildman–Crippen LogP) is 2.61. The Balaban J connectivity index is 1.98. The maximum absolute atomic E-state index is 10.8. The molecule has 0 saturated heterocycles. The first-order valence-corrected chi connectivity index (χ1v) is 7.06. The lowest BCUT2D eigenvalue weighted by atomic mass is 10.0. The molecule has 0 radical (unpaired) electrons. The molecule has 112 valence electrons. The van der Waals surface area contributed by atoms with Crippen molar-refractivity contribution >= 4 is 5.69 Å². The number of nitrogens with one attached hydrogen (secondary N) is 1. The number of nitro groups is 1. The van der Waals surface area contributed by atoms with Crippen molar-refractivity contribution < 1.29 is 4.92 Å². The molecule has 0 aliphatic heterocycles. The molecule has 1 N–H and O–H groups in total. The van der Waals surface area contributed by atoms with Gasteiger partial charge in [0, 0.05) is 50.1 Å². The van der Waals surface area contributed by atoms with E-state index in [1.807, 2.05) is 23.9 Å². The molecule has 6 nitrogen and oxygen atoms in total. The van der Waals surface area contributed by atoms with Crippen LogP contribution in [0.5, 0.6) is 0 Å². The van der Waals surface area contributed by atoms with E-state index in [9.17, 15) is 10.1 Å². The van der Waals surface area contributed by atoms with Gasteiger partial charge in [0.2, 0.25) is 0 Å². The fourth-order valence-electron chi connectivity index (χ4n) is 2.37. The van der Waals surface area contributed by atoms with Crippen molar-refractivity contribution in [2.45, 2.75) is 25.8 Å². The summed E-state index contributed by atoms with van der Waals surface area (Å²) in [7, 11) is 1.92. The second kappa shape index (κ2) is 6.99. The third-order valence-corrected chi connectivity index (χ3v) is 3.59. The quantitative estimate of drug-likeness (QED) is 0.628. The number of nitro benzene ring substituents is 1. The van der Waals surface area contributed by atoms with Gasteiger partial charge < -0.3 is 5.32 Å². The smallest absolute Gasteiger partial charge is 0.269 e. The molecule has 1 aromatic heterocycles. The highest BCUT2D eigenvalue weighted by molar-refractivity contribution is 5.35. The van der Waals surface area contributed by atoms with Crippen LogP contribution in [-0.2, 0) is 13.5 Å². The molecule has 0 spiro atoms. The summed E-state index contributed by atoms with van der Waals surface area (Å²) in [6.07, 6.45) is 3.54. The topological polar surface area (TPSA) is 73.0 Å². The average Bonchev–Trinajstić information content (AvgIpc) is 2.89. The minimum absolute atomic E-state index is 0.123. The number of aromatic nitrogens is 2. The zero-order valence-corrected chi connectivity index (χ0v) is 12.3. The molecule has 21 heavy (non-hydrogen) atoms. The standard InChI is InChI=1S/C15H20N4O2/c1-3-15(12-5-4-6-14(11-12)19(20)21)16-9-7-13-8-10-17-18(13)2/h4-6,8,10-11,15-16H,3,7,9H2,1-2H3. The van der Waals surface area contributed by atoms with Crippen LogP contribution in [0.2, 0.25) is 0 Å². The maximum Gasteiger partial charge on any atom is 0.269 e. The maximum atomic E-state index is 10.8. The van der Waals surface area contributed by atoms with Gasteiger partial charge >= 0.3 is 0 Å². The molecular weight excluding hydrogens is 268 g/mol. The number of benzene rings is 1. The normalized spacial score (nSPS) is 12.3. The predicted molar refractivity (Wildman–Crippen MR) is 81.0 cm³/mol. The van der Waals surface area contributed by atoms with E-state index in [1.165, 1.54) is 6.07 Å². The third-order valence-electron chi connectivity index (χ3n) is 3.59. The van der Waals surface area contributed by atoms with Gasteiger partial charge in [-0.1, -0.05) is 19.1 Å². The van der Waals surface area contributed by atoms with Gasteiger partial charge in [-0.15, -0.1) is 0 Å². The van der Waals surface area contributed by atoms with Crippen molar-refractivity contribution in [3.63, 3.8) is 0 Å². The number of hydrogen-bond acceptors (Lipinski definition) is 4. The first-order chi connectivity index (χ1) is 10.1. The summed E-state index contributed by atoms with van der Waals surface area (Å²) in [5, 5.41) is 18.4. The molecule has 2 aromatic rings. The summed E-state index contributed by atoms with van der Waals surface area (Å²) < 4.78 is 1.86. The van der Waals surface area contributed by atoms with Crippen molar-refractivity contribution in [3.8, 4) is 0 Å². The van der Waals surface area contributed by atoms with Crippen LogP contribution in [0.4, 0.5) is 5.69 Å². The van der Waals surface area contributed by atoms with E-state index >= 15 is 0 Å². The van der Waals surface area contributed by atoms with Gasteiger partial charge in [-0.05, 0) is 18.1 Å². The zero-order valence-electron chi connectivity index (χ0n) is 12.3. The first-order valence-electron chi connectivity index (χ1n) is 7.06. The van der Waals surface area contributed by atoms with Crippen molar-refractivity contribution in [2.24, 2.45) is 7.05 Å². The minimum atomic E-state index is -0.355. The lowest BCUT2D eigenvalue weighted by Crippen LogP contribution is -2.24. The minimum Gasteiger partial charge on any atom is -0.310 e. The van der Waals surface area contributed by atoms with E-state index in [4.69, 9.17) is 0 Å². The van der Waals surface area contributed by atoms with Crippen LogP contribution in [0.3, 0.4) is 0 Å². The van der Waals surface area contributed by atoms with Crippen LogP contribution >= 0.6 is 0 Å². The molecule has 1 unspecified atom stereocenters. The van der Waals surface area contributed by atoms with Gasteiger partial charge in [0.15, 0.2) is 0 Å². The van der Waals surface area contributed by atoms with Crippen LogP contribution < -0.4 is 5.32 Å². The molecule has 1 heterocycles. The van der Waals surface area contributed by atoms with Crippen LogP contribution in [0.1, 0.15) is 30.6 Å². The van der Waals surface area contributed by atoms with Crippen molar-refractivity contribution in [1.82, 2.24) is 15.1 Å². The lowest BCUT2D eigenvalue weighted by Gasteiger charge is -2.17. The van der Waals surface area contributed by atoms with Gasteiger partial charge in [-0.2, -0.15) is 5.10 Å². The Hall–Kier alpha value is -2.21. The number of nitrogens with zero attached hydrogens (tertiary/aromatic N) is 3. The summed E-state index contributed by atoms with van der Waals surface area (Å²) >= 11 is 0. The summed E-state index contributed by atoms with van der Waals surface area (Å²) in [4.78, 5) is 10.5. The van der Waals surface area contributed by atoms with Gasteiger partial charge in [-0.25, -0.2) is 0 Å². The van der Waals surface area contributed by atoms with Crippen LogP contribution in [-0.4, -0.2) is 21.2 Å². The molecular formula is C15H20N4O2. The summed E-state index contributed by atoms with van der Waals surface area (Å²) in [5.41, 5.74) is 2.26. The second-order valence-electron chi connectivity index (χ2n) is 4.96. The van der Waals surface area contributed by atoms with Gasteiger partial charge in [0.05, 0.1) is 4.92 Å².